The number of amides is 2. The lowest BCUT2D eigenvalue weighted by atomic mass is 9.95. The van der Waals surface area contributed by atoms with Crippen molar-refractivity contribution in [3.63, 3.8) is 0 Å². The molecular weight excluding hydrogens is 336 g/mol. The van der Waals surface area contributed by atoms with Crippen LogP contribution in [0, 0.1) is 0 Å². The number of carbonyl (C=O) groups excluding carboxylic acids is 2. The summed E-state index contributed by atoms with van der Waals surface area (Å²) < 4.78 is 5.30. The van der Waals surface area contributed by atoms with Crippen LogP contribution in [0.5, 0.6) is 5.75 Å². The number of para-hydroxylation sites is 1. The van der Waals surface area contributed by atoms with Crippen molar-refractivity contribution in [3.05, 3.63) is 41.1 Å². The van der Waals surface area contributed by atoms with Crippen LogP contribution < -0.4 is 10.1 Å². The lowest BCUT2D eigenvalue weighted by Crippen LogP contribution is -2.72. The number of benzene rings is 1. The lowest BCUT2D eigenvalue weighted by molar-refractivity contribution is -0.154. The number of ether oxygens (including phenoxy) is 1. The second-order valence-electron chi connectivity index (χ2n) is 5.19. The Morgan fingerprint density at radius 3 is 2.71 bits per heavy atom. The quantitative estimate of drug-likeness (QED) is 0.655. The predicted molar refractivity (Wildman–Crippen MR) is 84.3 cm³/mol. The fraction of sp³-hybridized carbons (Fsp3) is 0.267. The van der Waals surface area contributed by atoms with Gasteiger partial charge < -0.3 is 20.3 Å². The van der Waals surface area contributed by atoms with Gasteiger partial charge in [0.05, 0.1) is 6.04 Å². The highest BCUT2D eigenvalue weighted by molar-refractivity contribution is 8.02. The molecule has 3 rings (SSSR count). The second kappa shape index (κ2) is 6.44. The van der Waals surface area contributed by atoms with Crippen LogP contribution in [0.25, 0.3) is 0 Å². The highest BCUT2D eigenvalue weighted by Gasteiger charge is 2.54. The Labute approximate surface area is 141 Å². The van der Waals surface area contributed by atoms with Crippen LogP contribution in [0.3, 0.4) is 0 Å². The van der Waals surface area contributed by atoms with Crippen molar-refractivity contribution in [2.45, 2.75) is 12.1 Å². The zero-order chi connectivity index (χ0) is 17.3. The van der Waals surface area contributed by atoms with Crippen molar-refractivity contribution < 1.29 is 29.3 Å². The molecule has 126 valence electrons. The fourth-order valence-electron chi connectivity index (χ4n) is 2.56. The molecule has 3 N–H and O–H groups in total. The van der Waals surface area contributed by atoms with E-state index in [9.17, 15) is 19.5 Å². The molecule has 0 aliphatic carbocycles. The van der Waals surface area contributed by atoms with Crippen LogP contribution in [0.2, 0.25) is 0 Å². The van der Waals surface area contributed by atoms with E-state index in [1.165, 1.54) is 0 Å². The SMILES string of the molecule is O=C(COc1ccccc1)N[C@H]1C(=O)N2C(C(=O)O)=C(O)SC[C@@H]12. The first-order chi connectivity index (χ1) is 11.5. The topological polar surface area (TPSA) is 116 Å². The van der Waals surface area contributed by atoms with Gasteiger partial charge in [-0.05, 0) is 12.1 Å². The highest BCUT2D eigenvalue weighted by atomic mass is 32.2. The van der Waals surface area contributed by atoms with E-state index in [1.807, 2.05) is 6.07 Å². The number of thioether (sulfide) groups is 1. The fourth-order valence-corrected chi connectivity index (χ4v) is 3.55. The Morgan fingerprint density at radius 2 is 2.04 bits per heavy atom. The molecule has 9 heteroatoms. The average Bonchev–Trinajstić information content (AvgIpc) is 2.58. The summed E-state index contributed by atoms with van der Waals surface area (Å²) in [7, 11) is 0. The van der Waals surface area contributed by atoms with E-state index >= 15 is 0 Å². The molecule has 1 aromatic carbocycles. The van der Waals surface area contributed by atoms with E-state index in [2.05, 4.69) is 5.32 Å². The molecule has 1 fully saturated rings. The highest BCUT2D eigenvalue weighted by Crippen LogP contribution is 2.37. The minimum absolute atomic E-state index is 0.249. The summed E-state index contributed by atoms with van der Waals surface area (Å²) in [6.07, 6.45) is 0. The van der Waals surface area contributed by atoms with Crippen molar-refractivity contribution in [2.24, 2.45) is 0 Å². The van der Waals surface area contributed by atoms with E-state index in [4.69, 9.17) is 9.84 Å². The average molecular weight is 350 g/mol. The standard InChI is InChI=1S/C15H14N2O6S/c18-10(6-23-8-4-2-1-3-5-8)16-11-9-7-24-15(22)12(14(20)21)17(9)13(11)19/h1-5,9,11,22H,6-7H2,(H,16,18)(H,20,21)/t9-,11+/m0/s1. The number of aliphatic carboxylic acids is 1. The second-order valence-corrected chi connectivity index (χ2v) is 6.20. The minimum atomic E-state index is -1.38. The molecule has 0 spiro atoms. The number of carboxylic acid groups (broad SMARTS) is 1. The van der Waals surface area contributed by atoms with Crippen molar-refractivity contribution in [3.8, 4) is 5.75 Å². The van der Waals surface area contributed by atoms with Gasteiger partial charge in [0, 0.05) is 5.75 Å². The molecular formula is C15H14N2O6S. The van der Waals surface area contributed by atoms with E-state index in [1.54, 1.807) is 24.3 Å². The van der Waals surface area contributed by atoms with Crippen LogP contribution in [-0.2, 0) is 14.4 Å². The van der Waals surface area contributed by atoms with Crippen LogP contribution in [0.1, 0.15) is 0 Å². The predicted octanol–water partition coefficient (Wildman–Crippen LogP) is 0.320. The molecule has 0 unspecified atom stereocenters. The molecule has 2 aliphatic heterocycles. The van der Waals surface area contributed by atoms with E-state index in [0.29, 0.717) is 11.5 Å². The van der Waals surface area contributed by atoms with Gasteiger partial charge in [0.25, 0.3) is 11.8 Å². The third-order valence-corrected chi connectivity index (χ3v) is 4.66. The summed E-state index contributed by atoms with van der Waals surface area (Å²) in [5, 5.41) is 20.9. The van der Waals surface area contributed by atoms with Crippen LogP contribution in [0.15, 0.2) is 41.1 Å². The molecule has 2 heterocycles. The molecule has 8 nitrogen and oxygen atoms in total. The number of carboxylic acids is 1. The number of aliphatic hydroxyl groups excluding tert-OH is 1. The molecule has 1 aromatic rings. The van der Waals surface area contributed by atoms with Crippen molar-refractivity contribution >= 4 is 29.5 Å². The van der Waals surface area contributed by atoms with Crippen LogP contribution >= 0.6 is 11.8 Å². The lowest BCUT2D eigenvalue weighted by Gasteiger charge is -2.48. The van der Waals surface area contributed by atoms with Gasteiger partial charge in [-0.1, -0.05) is 30.0 Å². The Balaban J connectivity index is 1.59. The van der Waals surface area contributed by atoms with E-state index < -0.39 is 40.7 Å². The molecule has 0 aromatic heterocycles. The third kappa shape index (κ3) is 2.90. The number of hydrogen-bond donors (Lipinski definition) is 3. The van der Waals surface area contributed by atoms with Gasteiger partial charge in [-0.15, -0.1) is 0 Å². The number of carbonyl (C=O) groups is 3. The van der Waals surface area contributed by atoms with Gasteiger partial charge in [0.2, 0.25) is 0 Å². The van der Waals surface area contributed by atoms with Gasteiger partial charge in [0.1, 0.15) is 11.8 Å². The maximum Gasteiger partial charge on any atom is 0.357 e. The zero-order valence-electron chi connectivity index (χ0n) is 12.3. The number of β-lactam (4-membered cyclic amide) rings is 1. The normalized spacial score (nSPS) is 22.5. The summed E-state index contributed by atoms with van der Waals surface area (Å²) in [4.78, 5) is 36.2. The number of nitrogens with one attached hydrogen (secondary N) is 1. The third-order valence-electron chi connectivity index (χ3n) is 3.69. The Bertz CT molecular complexity index is 720. The number of fused-ring (bicyclic) bond motifs is 1. The van der Waals surface area contributed by atoms with E-state index in [-0.39, 0.29) is 6.61 Å². The number of hydrogen-bond acceptors (Lipinski definition) is 6. The summed E-state index contributed by atoms with van der Waals surface area (Å²) in [6.45, 7) is -0.249. The Hall–Kier alpha value is -2.68. The van der Waals surface area contributed by atoms with Gasteiger partial charge in [-0.25, -0.2) is 4.79 Å². The van der Waals surface area contributed by atoms with Gasteiger partial charge >= 0.3 is 5.97 Å². The van der Waals surface area contributed by atoms with Crippen LogP contribution in [0.4, 0.5) is 0 Å². The van der Waals surface area contributed by atoms with Crippen LogP contribution in [-0.4, -0.2) is 57.3 Å². The molecule has 0 radical (unpaired) electrons. The molecule has 0 bridgehead atoms. The molecule has 2 amide bonds. The minimum Gasteiger partial charge on any atom is -0.500 e. The molecule has 24 heavy (non-hydrogen) atoms. The van der Waals surface area contributed by atoms with Crippen molar-refractivity contribution in [1.82, 2.24) is 10.2 Å². The first kappa shape index (κ1) is 16.2. The van der Waals surface area contributed by atoms with Gasteiger partial charge in [-0.3, -0.25) is 14.5 Å². The molecule has 2 aliphatic rings. The Kier molecular flexibility index (Phi) is 4.34. The molecule has 2 atom stereocenters. The summed E-state index contributed by atoms with van der Waals surface area (Å²) >= 11 is 0.939. The summed E-state index contributed by atoms with van der Waals surface area (Å²) in [6, 6.07) is 7.45. The largest absolute Gasteiger partial charge is 0.500 e. The maximum atomic E-state index is 12.1. The van der Waals surface area contributed by atoms with E-state index in [0.717, 1.165) is 16.7 Å². The molecule has 0 saturated carbocycles. The number of nitrogens with zero attached hydrogens (tertiary/aromatic N) is 1. The first-order valence-electron chi connectivity index (χ1n) is 7.08. The Morgan fingerprint density at radius 1 is 1.33 bits per heavy atom. The smallest absolute Gasteiger partial charge is 0.357 e. The molecule has 1 saturated heterocycles. The number of aliphatic hydroxyl groups is 1. The maximum absolute atomic E-state index is 12.1. The zero-order valence-corrected chi connectivity index (χ0v) is 13.2. The van der Waals surface area contributed by atoms with Crippen molar-refractivity contribution in [1.29, 1.82) is 0 Å². The van der Waals surface area contributed by atoms with Gasteiger partial charge in [0.15, 0.2) is 17.4 Å². The first-order valence-corrected chi connectivity index (χ1v) is 8.07. The van der Waals surface area contributed by atoms with Gasteiger partial charge in [-0.2, -0.15) is 0 Å². The number of rotatable bonds is 5. The monoisotopic (exact) mass is 350 g/mol. The van der Waals surface area contributed by atoms with Crippen molar-refractivity contribution in [2.75, 3.05) is 12.4 Å². The summed E-state index contributed by atoms with van der Waals surface area (Å²) in [5.74, 6) is -1.58. The summed E-state index contributed by atoms with van der Waals surface area (Å²) in [5.41, 5.74) is -0.438.